The van der Waals surface area contributed by atoms with Crippen LogP contribution in [0.2, 0.25) is 0 Å². The second-order valence-electron chi connectivity index (χ2n) is 6.74. The summed E-state index contributed by atoms with van der Waals surface area (Å²) in [6.45, 7) is 5.04. The summed E-state index contributed by atoms with van der Waals surface area (Å²) < 4.78 is 12.2. The predicted molar refractivity (Wildman–Crippen MR) is 88.9 cm³/mol. The fourth-order valence-corrected chi connectivity index (χ4v) is 3.03. The van der Waals surface area contributed by atoms with Crippen LogP contribution in [0.3, 0.4) is 0 Å². The molecule has 1 N–H and O–H groups in total. The highest BCUT2D eigenvalue weighted by atomic mass is 16.5. The van der Waals surface area contributed by atoms with E-state index in [1.54, 1.807) is 35.0 Å². The third-order valence-electron chi connectivity index (χ3n) is 4.43. The number of hydrogen-bond donors (Lipinski definition) is 1. The van der Waals surface area contributed by atoms with E-state index in [-0.39, 0.29) is 24.3 Å². The number of likely N-dealkylation sites (tertiary alicyclic amines) is 1. The molecule has 0 aliphatic carbocycles. The lowest BCUT2D eigenvalue weighted by Crippen LogP contribution is -2.48. The smallest absolute Gasteiger partial charge is 0.289 e. The Kier molecular flexibility index (Phi) is 4.91. The number of rotatable bonds is 5. The molecule has 0 saturated carbocycles. The summed E-state index contributed by atoms with van der Waals surface area (Å²) in [6.07, 6.45) is 2.98. The van der Waals surface area contributed by atoms with Crippen molar-refractivity contribution in [1.29, 1.82) is 0 Å². The lowest BCUT2D eigenvalue weighted by Gasteiger charge is -2.37. The van der Waals surface area contributed by atoms with Crippen LogP contribution < -0.4 is 0 Å². The molecule has 136 valence electrons. The number of hydrogen-bond acceptors (Lipinski definition) is 6. The van der Waals surface area contributed by atoms with Gasteiger partial charge in [-0.25, -0.2) is 4.68 Å². The normalized spacial score (nSPS) is 21.1. The minimum Gasteiger partial charge on any atom is -0.453 e. The number of methoxy groups -OCH3 is 1. The molecule has 3 heterocycles. The number of nitrogens with zero attached hydrogens (tertiary/aromatic N) is 4. The maximum absolute atomic E-state index is 12.7. The Morgan fingerprint density at radius 1 is 1.48 bits per heavy atom. The Hall–Kier alpha value is -2.19. The van der Waals surface area contributed by atoms with Crippen molar-refractivity contribution in [2.24, 2.45) is 0 Å². The minimum atomic E-state index is -1.19. The number of β-amino-alcohol motifs (C(OH)–C–C–N with tert-alkyl or cyclic N) is 1. The van der Waals surface area contributed by atoms with E-state index in [2.05, 4.69) is 10.3 Å². The fourth-order valence-electron chi connectivity index (χ4n) is 3.03. The molecule has 3 rings (SSSR count). The van der Waals surface area contributed by atoms with Crippen LogP contribution in [0.5, 0.6) is 0 Å². The van der Waals surface area contributed by atoms with Crippen LogP contribution in [0.1, 0.15) is 54.7 Å². The van der Waals surface area contributed by atoms with Crippen molar-refractivity contribution in [2.75, 3.05) is 20.2 Å². The molecular formula is C17H24N4O4. The average Bonchev–Trinajstić information content (AvgIpc) is 3.24. The van der Waals surface area contributed by atoms with Crippen molar-refractivity contribution in [3.05, 3.63) is 35.5 Å². The Balaban J connectivity index is 1.75. The molecule has 2 aromatic rings. The molecule has 1 saturated heterocycles. The van der Waals surface area contributed by atoms with E-state index in [1.807, 2.05) is 13.8 Å². The Morgan fingerprint density at radius 3 is 2.96 bits per heavy atom. The molecular weight excluding hydrogens is 324 g/mol. The first-order valence-corrected chi connectivity index (χ1v) is 8.44. The molecule has 0 spiro atoms. The van der Waals surface area contributed by atoms with Gasteiger partial charge < -0.3 is 19.2 Å². The Bertz CT molecular complexity index is 739. The van der Waals surface area contributed by atoms with Gasteiger partial charge in [0.1, 0.15) is 23.7 Å². The summed E-state index contributed by atoms with van der Waals surface area (Å²) in [5.41, 5.74) is -0.693. The molecule has 1 amide bonds. The Morgan fingerprint density at radius 2 is 2.28 bits per heavy atom. The number of aliphatic hydroxyl groups is 1. The maximum Gasteiger partial charge on any atom is 0.289 e. The summed E-state index contributed by atoms with van der Waals surface area (Å²) in [5, 5.41) is 19.2. The first-order valence-electron chi connectivity index (χ1n) is 8.44. The molecule has 2 aromatic heterocycles. The summed E-state index contributed by atoms with van der Waals surface area (Å²) in [7, 11) is 1.57. The van der Waals surface area contributed by atoms with Crippen LogP contribution in [0.4, 0.5) is 0 Å². The topological polar surface area (TPSA) is 93.6 Å². The third kappa shape index (κ3) is 3.59. The second-order valence-corrected chi connectivity index (χ2v) is 6.74. The Labute approximate surface area is 146 Å². The fraction of sp³-hybridized carbons (Fsp3) is 0.588. The van der Waals surface area contributed by atoms with Gasteiger partial charge in [0.05, 0.1) is 12.7 Å². The van der Waals surface area contributed by atoms with Gasteiger partial charge in [-0.1, -0.05) is 5.21 Å². The van der Waals surface area contributed by atoms with Gasteiger partial charge in [-0.2, -0.15) is 0 Å². The highest BCUT2D eigenvalue weighted by Gasteiger charge is 2.40. The SMILES string of the molecule is COCc1ccc(C(=O)N2CCC[C@@](O)(c3cn(C(C)C)nn3)C2)o1. The highest BCUT2D eigenvalue weighted by molar-refractivity contribution is 5.91. The summed E-state index contributed by atoms with van der Waals surface area (Å²) in [4.78, 5) is 14.3. The van der Waals surface area contributed by atoms with E-state index in [1.165, 1.54) is 0 Å². The van der Waals surface area contributed by atoms with Gasteiger partial charge in [0.15, 0.2) is 5.76 Å². The van der Waals surface area contributed by atoms with Gasteiger partial charge >= 0.3 is 0 Å². The molecule has 8 heteroatoms. The standard InChI is InChI=1S/C17H24N4O4/c1-12(2)21-9-15(18-19-21)17(23)7-4-8-20(11-17)16(22)14-6-5-13(25-14)10-24-3/h5-6,9,12,23H,4,7-8,10-11H2,1-3H3/t17-/m0/s1. The zero-order valence-corrected chi connectivity index (χ0v) is 14.8. The quantitative estimate of drug-likeness (QED) is 0.884. The van der Waals surface area contributed by atoms with Crippen molar-refractivity contribution in [2.45, 2.75) is 44.9 Å². The van der Waals surface area contributed by atoms with Crippen LogP contribution >= 0.6 is 0 Å². The maximum atomic E-state index is 12.7. The van der Waals surface area contributed by atoms with Crippen LogP contribution in [0.25, 0.3) is 0 Å². The molecule has 0 unspecified atom stereocenters. The van der Waals surface area contributed by atoms with Gasteiger partial charge in [-0.3, -0.25) is 4.79 Å². The number of carbonyl (C=O) groups is 1. The van der Waals surface area contributed by atoms with Gasteiger partial charge in [0.25, 0.3) is 5.91 Å². The largest absolute Gasteiger partial charge is 0.453 e. The molecule has 1 fully saturated rings. The van der Waals surface area contributed by atoms with Gasteiger partial charge in [-0.15, -0.1) is 5.10 Å². The third-order valence-corrected chi connectivity index (χ3v) is 4.43. The minimum absolute atomic E-state index is 0.161. The number of aromatic nitrogens is 3. The second kappa shape index (κ2) is 6.97. The number of ether oxygens (including phenoxy) is 1. The van der Waals surface area contributed by atoms with Crippen LogP contribution in [0, 0.1) is 0 Å². The number of carbonyl (C=O) groups excluding carboxylic acids is 1. The summed E-state index contributed by atoms with van der Waals surface area (Å²) >= 11 is 0. The zero-order valence-electron chi connectivity index (χ0n) is 14.8. The van der Waals surface area contributed by atoms with Gasteiger partial charge in [0.2, 0.25) is 0 Å². The molecule has 8 nitrogen and oxygen atoms in total. The molecule has 25 heavy (non-hydrogen) atoms. The van der Waals surface area contributed by atoms with Gasteiger partial charge in [-0.05, 0) is 38.8 Å². The summed E-state index contributed by atoms with van der Waals surface area (Å²) in [5.74, 6) is 0.608. The van der Waals surface area contributed by atoms with Crippen LogP contribution in [-0.4, -0.2) is 51.1 Å². The van der Waals surface area contributed by atoms with Crippen molar-refractivity contribution in [1.82, 2.24) is 19.9 Å². The zero-order chi connectivity index (χ0) is 18.0. The lowest BCUT2D eigenvalue weighted by atomic mass is 9.90. The van der Waals surface area contributed by atoms with E-state index < -0.39 is 5.60 Å². The van der Waals surface area contributed by atoms with Gasteiger partial charge in [0, 0.05) is 19.7 Å². The average molecular weight is 348 g/mol. The molecule has 0 aromatic carbocycles. The number of piperidine rings is 1. The number of furan rings is 1. The number of amides is 1. The lowest BCUT2D eigenvalue weighted by molar-refractivity contribution is -0.0328. The van der Waals surface area contributed by atoms with E-state index in [0.29, 0.717) is 37.4 Å². The van der Waals surface area contributed by atoms with E-state index in [9.17, 15) is 9.90 Å². The monoisotopic (exact) mass is 348 g/mol. The van der Waals surface area contributed by atoms with Crippen molar-refractivity contribution in [3.8, 4) is 0 Å². The molecule has 0 radical (unpaired) electrons. The first kappa shape index (κ1) is 17.6. The molecule has 0 bridgehead atoms. The molecule has 1 aliphatic rings. The summed E-state index contributed by atoms with van der Waals surface area (Å²) in [6, 6.07) is 3.52. The van der Waals surface area contributed by atoms with Crippen molar-refractivity contribution in [3.63, 3.8) is 0 Å². The van der Waals surface area contributed by atoms with Crippen molar-refractivity contribution >= 4 is 5.91 Å². The van der Waals surface area contributed by atoms with Crippen molar-refractivity contribution < 1.29 is 19.1 Å². The van der Waals surface area contributed by atoms with E-state index in [4.69, 9.17) is 9.15 Å². The van der Waals surface area contributed by atoms with E-state index >= 15 is 0 Å². The van der Waals surface area contributed by atoms with E-state index in [0.717, 1.165) is 0 Å². The van der Waals surface area contributed by atoms with Crippen LogP contribution in [0.15, 0.2) is 22.7 Å². The first-order chi connectivity index (χ1) is 11.9. The van der Waals surface area contributed by atoms with Crippen LogP contribution in [-0.2, 0) is 16.9 Å². The highest BCUT2D eigenvalue weighted by Crippen LogP contribution is 2.31. The predicted octanol–water partition coefficient (Wildman–Crippen LogP) is 1.72. The molecule has 1 aliphatic heterocycles. The molecule has 1 atom stereocenters.